The second kappa shape index (κ2) is 4.89. The quantitative estimate of drug-likeness (QED) is 0.814. The molecular weight excluding hydrogens is 230 g/mol. The summed E-state index contributed by atoms with van der Waals surface area (Å²) in [5, 5.41) is 14.3. The van der Waals surface area contributed by atoms with Crippen LogP contribution in [0.3, 0.4) is 0 Å². The van der Waals surface area contributed by atoms with E-state index in [4.69, 9.17) is 11.0 Å². The number of nitrogens with two attached hydrogens (primary N) is 1. The van der Waals surface area contributed by atoms with Crippen molar-refractivity contribution in [1.82, 2.24) is 0 Å². The molecule has 2 aromatic rings. The van der Waals surface area contributed by atoms with E-state index in [1.807, 2.05) is 6.07 Å². The van der Waals surface area contributed by atoms with Gasteiger partial charge in [-0.15, -0.1) is 11.3 Å². The molecule has 0 unspecified atom stereocenters. The number of nitrogen functional groups attached to an aromatic ring is 1. The van der Waals surface area contributed by atoms with Gasteiger partial charge in [-0.1, -0.05) is 0 Å². The van der Waals surface area contributed by atoms with Crippen molar-refractivity contribution in [2.24, 2.45) is 0 Å². The van der Waals surface area contributed by atoms with Crippen LogP contribution < -0.4 is 11.1 Å². The van der Waals surface area contributed by atoms with Gasteiger partial charge in [0, 0.05) is 22.8 Å². The molecule has 86 valence electrons. The molecule has 0 bridgehead atoms. The predicted molar refractivity (Wildman–Crippen MR) is 72.0 cm³/mol. The highest BCUT2D eigenvalue weighted by Gasteiger charge is 2.02. The second-order valence-electron chi connectivity index (χ2n) is 3.79. The van der Waals surface area contributed by atoms with Crippen LogP contribution in [0.1, 0.15) is 16.0 Å². The molecule has 0 saturated heterocycles. The van der Waals surface area contributed by atoms with Gasteiger partial charge in [0.1, 0.15) is 6.07 Å². The minimum absolute atomic E-state index is 0.512. The van der Waals surface area contributed by atoms with Gasteiger partial charge < -0.3 is 11.1 Å². The average Bonchev–Trinajstić information content (AvgIpc) is 2.74. The van der Waals surface area contributed by atoms with Crippen molar-refractivity contribution in [3.05, 3.63) is 45.6 Å². The molecule has 4 heteroatoms. The zero-order valence-corrected chi connectivity index (χ0v) is 10.3. The van der Waals surface area contributed by atoms with Crippen LogP contribution in [-0.4, -0.2) is 0 Å². The Labute approximate surface area is 105 Å². The van der Waals surface area contributed by atoms with E-state index in [2.05, 4.69) is 29.8 Å². The first-order valence-electron chi connectivity index (χ1n) is 5.27. The van der Waals surface area contributed by atoms with Gasteiger partial charge in [-0.05, 0) is 42.1 Å². The molecule has 0 radical (unpaired) electrons. The summed E-state index contributed by atoms with van der Waals surface area (Å²) in [6.45, 7) is 2.87. The highest BCUT2D eigenvalue weighted by Crippen LogP contribution is 2.20. The smallest absolute Gasteiger partial charge is 0.101 e. The minimum Gasteiger partial charge on any atom is -0.398 e. The lowest BCUT2D eigenvalue weighted by Gasteiger charge is -2.07. The van der Waals surface area contributed by atoms with Gasteiger partial charge in [-0.2, -0.15) is 5.26 Å². The van der Waals surface area contributed by atoms with Crippen LogP contribution in [-0.2, 0) is 6.54 Å². The van der Waals surface area contributed by atoms with Crippen LogP contribution in [0.5, 0.6) is 0 Å². The standard InChI is InChI=1S/C13H13N3S/c1-9-4-5-17-13(9)8-16-11-2-3-12(15)10(6-11)7-14/h2-6,16H,8,15H2,1H3. The van der Waals surface area contributed by atoms with E-state index in [-0.39, 0.29) is 0 Å². The van der Waals surface area contributed by atoms with Gasteiger partial charge in [0.25, 0.3) is 0 Å². The molecule has 0 spiro atoms. The fraction of sp³-hybridized carbons (Fsp3) is 0.154. The van der Waals surface area contributed by atoms with E-state index < -0.39 is 0 Å². The van der Waals surface area contributed by atoms with Crippen LogP contribution in [0.2, 0.25) is 0 Å². The Morgan fingerprint density at radius 2 is 2.24 bits per heavy atom. The summed E-state index contributed by atoms with van der Waals surface area (Å²) in [6, 6.07) is 9.60. The highest BCUT2D eigenvalue weighted by molar-refractivity contribution is 7.10. The normalized spacial score (nSPS) is 9.88. The zero-order valence-electron chi connectivity index (χ0n) is 9.53. The molecule has 0 atom stereocenters. The van der Waals surface area contributed by atoms with Gasteiger partial charge in [0.2, 0.25) is 0 Å². The third kappa shape index (κ3) is 2.58. The summed E-state index contributed by atoms with van der Waals surface area (Å²) in [5.41, 5.74) is 8.91. The SMILES string of the molecule is Cc1ccsc1CNc1ccc(N)c(C#N)c1. The Hall–Kier alpha value is -1.99. The lowest BCUT2D eigenvalue weighted by atomic mass is 10.2. The van der Waals surface area contributed by atoms with Crippen LogP contribution in [0.25, 0.3) is 0 Å². The first kappa shape index (κ1) is 11.5. The van der Waals surface area contributed by atoms with Crippen molar-refractivity contribution >= 4 is 22.7 Å². The molecule has 2 rings (SSSR count). The molecule has 1 heterocycles. The van der Waals surface area contributed by atoms with E-state index in [1.165, 1.54) is 10.4 Å². The van der Waals surface area contributed by atoms with Crippen LogP contribution in [0, 0.1) is 18.3 Å². The Bertz CT molecular complexity index is 566. The number of benzene rings is 1. The largest absolute Gasteiger partial charge is 0.398 e. The number of thiophene rings is 1. The van der Waals surface area contributed by atoms with E-state index in [0.29, 0.717) is 11.3 Å². The Kier molecular flexibility index (Phi) is 3.31. The number of aryl methyl sites for hydroxylation is 1. The minimum atomic E-state index is 0.512. The first-order valence-corrected chi connectivity index (χ1v) is 6.15. The van der Waals surface area contributed by atoms with Crippen LogP contribution >= 0.6 is 11.3 Å². The number of anilines is 2. The molecule has 0 amide bonds. The van der Waals surface area contributed by atoms with E-state index in [0.717, 1.165) is 12.2 Å². The number of nitrogens with zero attached hydrogens (tertiary/aromatic N) is 1. The first-order chi connectivity index (χ1) is 8.20. The van der Waals surface area contributed by atoms with Gasteiger partial charge in [-0.25, -0.2) is 0 Å². The summed E-state index contributed by atoms with van der Waals surface area (Å²) < 4.78 is 0. The molecular formula is C13H13N3S. The molecule has 1 aromatic carbocycles. The predicted octanol–water partition coefficient (Wildman–Crippen LogP) is 3.12. The summed E-state index contributed by atoms with van der Waals surface area (Å²) in [4.78, 5) is 1.31. The molecule has 1 aromatic heterocycles. The number of hydrogen-bond donors (Lipinski definition) is 2. The van der Waals surface area contributed by atoms with Crippen molar-refractivity contribution in [3.8, 4) is 6.07 Å². The molecule has 0 saturated carbocycles. The van der Waals surface area contributed by atoms with Gasteiger partial charge in [0.15, 0.2) is 0 Å². The van der Waals surface area contributed by atoms with Gasteiger partial charge in [0.05, 0.1) is 5.56 Å². The number of nitrogens with one attached hydrogen (secondary N) is 1. The molecule has 3 nitrogen and oxygen atoms in total. The van der Waals surface area contributed by atoms with Crippen molar-refractivity contribution < 1.29 is 0 Å². The maximum Gasteiger partial charge on any atom is 0.101 e. The van der Waals surface area contributed by atoms with Crippen LogP contribution in [0.15, 0.2) is 29.6 Å². The molecule has 0 aliphatic rings. The summed E-state index contributed by atoms with van der Waals surface area (Å²) in [6.07, 6.45) is 0. The average molecular weight is 243 g/mol. The second-order valence-corrected chi connectivity index (χ2v) is 4.79. The van der Waals surface area contributed by atoms with Crippen molar-refractivity contribution in [2.45, 2.75) is 13.5 Å². The van der Waals surface area contributed by atoms with Crippen molar-refractivity contribution in [3.63, 3.8) is 0 Å². The van der Waals surface area contributed by atoms with Crippen LogP contribution in [0.4, 0.5) is 11.4 Å². The van der Waals surface area contributed by atoms with Crippen molar-refractivity contribution in [2.75, 3.05) is 11.1 Å². The summed E-state index contributed by atoms with van der Waals surface area (Å²) in [5.74, 6) is 0. The van der Waals surface area contributed by atoms with Crippen molar-refractivity contribution in [1.29, 1.82) is 5.26 Å². The number of rotatable bonds is 3. The zero-order chi connectivity index (χ0) is 12.3. The Morgan fingerprint density at radius 1 is 1.41 bits per heavy atom. The summed E-state index contributed by atoms with van der Waals surface area (Å²) in [7, 11) is 0. The van der Waals surface area contributed by atoms with E-state index in [9.17, 15) is 0 Å². The maximum atomic E-state index is 8.88. The van der Waals surface area contributed by atoms with Gasteiger partial charge >= 0.3 is 0 Å². The molecule has 0 aliphatic carbocycles. The lowest BCUT2D eigenvalue weighted by Crippen LogP contribution is -2.00. The molecule has 17 heavy (non-hydrogen) atoms. The van der Waals surface area contributed by atoms with E-state index >= 15 is 0 Å². The highest BCUT2D eigenvalue weighted by atomic mass is 32.1. The number of hydrogen-bond acceptors (Lipinski definition) is 4. The van der Waals surface area contributed by atoms with Gasteiger partial charge in [-0.3, -0.25) is 0 Å². The topological polar surface area (TPSA) is 61.8 Å². The molecule has 0 fully saturated rings. The lowest BCUT2D eigenvalue weighted by molar-refractivity contribution is 1.17. The monoisotopic (exact) mass is 243 g/mol. The number of nitriles is 1. The summed E-state index contributed by atoms with van der Waals surface area (Å²) >= 11 is 1.73. The van der Waals surface area contributed by atoms with E-state index in [1.54, 1.807) is 23.5 Å². The fourth-order valence-electron chi connectivity index (χ4n) is 1.53. The third-order valence-electron chi connectivity index (χ3n) is 2.59. The molecule has 0 aliphatic heterocycles. The Balaban J connectivity index is 2.10. The Morgan fingerprint density at radius 3 is 2.88 bits per heavy atom. The maximum absolute atomic E-state index is 8.88. The molecule has 3 N–H and O–H groups in total. The fourth-order valence-corrected chi connectivity index (χ4v) is 2.38. The third-order valence-corrected chi connectivity index (χ3v) is 3.62.